The van der Waals surface area contributed by atoms with Crippen molar-refractivity contribution in [3.63, 3.8) is 0 Å². The fourth-order valence-electron chi connectivity index (χ4n) is 0.808. The van der Waals surface area contributed by atoms with Crippen molar-refractivity contribution in [2.24, 2.45) is 0 Å². The molecule has 2 N–H and O–H groups in total. The number of hydrogen-bond donors (Lipinski definition) is 2. The Morgan fingerprint density at radius 1 is 1.29 bits per heavy atom. The van der Waals surface area contributed by atoms with Gasteiger partial charge in [0.1, 0.15) is 0 Å². The lowest BCUT2D eigenvalue weighted by atomic mass is 10.4. The van der Waals surface area contributed by atoms with Gasteiger partial charge in [0.05, 0.1) is 0 Å². The smallest absolute Gasteiger partial charge is 0.223 e. The van der Waals surface area contributed by atoms with E-state index in [4.69, 9.17) is 12.2 Å². The molecule has 0 saturated carbocycles. The lowest BCUT2D eigenvalue weighted by Crippen LogP contribution is -2.37. The lowest BCUT2D eigenvalue weighted by Gasteiger charge is -2.12. The predicted octanol–water partition coefficient (Wildman–Crippen LogP) is 0.339. The Balaban J connectivity index is 3.44. The summed E-state index contributed by atoms with van der Waals surface area (Å²) in [6.45, 7) is 3.53. The minimum atomic E-state index is 0.107. The minimum absolute atomic E-state index is 0.107. The van der Waals surface area contributed by atoms with E-state index in [0.717, 1.165) is 13.0 Å². The number of rotatable bonds is 5. The Morgan fingerprint density at radius 2 is 1.86 bits per heavy atom. The summed E-state index contributed by atoms with van der Waals surface area (Å²) in [7, 11) is 3.49. The molecule has 0 rings (SSSR count). The number of hydrogen-bond acceptors (Lipinski definition) is 2. The van der Waals surface area contributed by atoms with E-state index in [0.29, 0.717) is 18.1 Å². The predicted molar refractivity (Wildman–Crippen MR) is 62.2 cm³/mol. The van der Waals surface area contributed by atoms with Crippen molar-refractivity contribution in [2.45, 2.75) is 19.8 Å². The molecule has 0 fully saturated rings. The van der Waals surface area contributed by atoms with E-state index in [-0.39, 0.29) is 5.91 Å². The van der Waals surface area contributed by atoms with E-state index in [1.165, 1.54) is 0 Å². The maximum absolute atomic E-state index is 11.2. The number of nitrogens with one attached hydrogen (secondary N) is 2. The molecular formula is C9H19N3OS. The molecule has 0 aliphatic heterocycles. The molecular weight excluding hydrogens is 198 g/mol. The van der Waals surface area contributed by atoms with E-state index in [2.05, 4.69) is 17.6 Å². The van der Waals surface area contributed by atoms with Gasteiger partial charge in [0.15, 0.2) is 5.11 Å². The number of thiocarbonyl (C=S) groups is 1. The standard InChI is InChI=1S/C9H19N3OS/c1-4-6-10-9(14)11-7-5-8(13)12(2)3/h4-7H2,1-3H3,(H2,10,11,14). The maximum Gasteiger partial charge on any atom is 0.223 e. The molecule has 5 heteroatoms. The highest BCUT2D eigenvalue weighted by Gasteiger charge is 2.02. The van der Waals surface area contributed by atoms with Crippen LogP contribution in [0.25, 0.3) is 0 Å². The van der Waals surface area contributed by atoms with Crippen LogP contribution in [-0.2, 0) is 4.79 Å². The SMILES string of the molecule is CCCNC(=S)NCCC(=O)N(C)C. The molecule has 0 aromatic carbocycles. The maximum atomic E-state index is 11.2. The topological polar surface area (TPSA) is 44.4 Å². The first-order valence-corrected chi connectivity index (χ1v) is 5.20. The third-order valence-electron chi connectivity index (χ3n) is 1.66. The zero-order valence-corrected chi connectivity index (χ0v) is 9.91. The minimum Gasteiger partial charge on any atom is -0.363 e. The molecule has 14 heavy (non-hydrogen) atoms. The number of amides is 1. The molecule has 4 nitrogen and oxygen atoms in total. The van der Waals surface area contributed by atoms with Gasteiger partial charge in [-0.2, -0.15) is 0 Å². The second-order valence-corrected chi connectivity index (χ2v) is 3.63. The molecule has 0 spiro atoms. The largest absolute Gasteiger partial charge is 0.363 e. The van der Waals surface area contributed by atoms with Gasteiger partial charge in [0.2, 0.25) is 5.91 Å². The second kappa shape index (κ2) is 7.55. The third-order valence-corrected chi connectivity index (χ3v) is 1.95. The Morgan fingerprint density at radius 3 is 2.36 bits per heavy atom. The Hall–Kier alpha value is -0.840. The fourth-order valence-corrected chi connectivity index (χ4v) is 1.01. The van der Waals surface area contributed by atoms with E-state index >= 15 is 0 Å². The van der Waals surface area contributed by atoms with Gasteiger partial charge >= 0.3 is 0 Å². The monoisotopic (exact) mass is 217 g/mol. The van der Waals surface area contributed by atoms with Crippen LogP contribution in [0, 0.1) is 0 Å². The Labute approximate surface area is 91.0 Å². The summed E-state index contributed by atoms with van der Waals surface area (Å²) in [5, 5.41) is 6.63. The van der Waals surface area contributed by atoms with E-state index in [9.17, 15) is 4.79 Å². The zero-order chi connectivity index (χ0) is 11.0. The molecule has 0 radical (unpaired) electrons. The summed E-state index contributed by atoms with van der Waals surface area (Å²) >= 11 is 4.99. The molecule has 0 aromatic heterocycles. The molecule has 0 bridgehead atoms. The van der Waals surface area contributed by atoms with E-state index in [1.54, 1.807) is 19.0 Å². The van der Waals surface area contributed by atoms with Gasteiger partial charge in [0.25, 0.3) is 0 Å². The van der Waals surface area contributed by atoms with Gasteiger partial charge in [-0.1, -0.05) is 6.92 Å². The first kappa shape index (κ1) is 13.2. The molecule has 0 saturated heterocycles. The van der Waals surface area contributed by atoms with Gasteiger partial charge in [-0.3, -0.25) is 4.79 Å². The molecule has 0 unspecified atom stereocenters. The van der Waals surface area contributed by atoms with E-state index in [1.807, 2.05) is 0 Å². The fraction of sp³-hybridized carbons (Fsp3) is 0.778. The van der Waals surface area contributed by atoms with Crippen LogP contribution in [0.3, 0.4) is 0 Å². The summed E-state index contributed by atoms with van der Waals surface area (Å²) < 4.78 is 0. The van der Waals surface area contributed by atoms with Gasteiger partial charge < -0.3 is 15.5 Å². The third kappa shape index (κ3) is 6.65. The molecule has 1 amide bonds. The average Bonchev–Trinajstić information content (AvgIpc) is 2.14. The van der Waals surface area contributed by atoms with Gasteiger partial charge in [0, 0.05) is 33.6 Å². The molecule has 0 aliphatic rings. The van der Waals surface area contributed by atoms with Crippen LogP contribution in [0.5, 0.6) is 0 Å². The van der Waals surface area contributed by atoms with Crippen molar-refractivity contribution in [1.82, 2.24) is 15.5 Å². The van der Waals surface area contributed by atoms with Gasteiger partial charge in [-0.15, -0.1) is 0 Å². The van der Waals surface area contributed by atoms with Crippen molar-refractivity contribution in [1.29, 1.82) is 0 Å². The van der Waals surface area contributed by atoms with Gasteiger partial charge in [-0.25, -0.2) is 0 Å². The van der Waals surface area contributed by atoms with E-state index < -0.39 is 0 Å². The van der Waals surface area contributed by atoms with Crippen LogP contribution in [0.4, 0.5) is 0 Å². The molecule has 82 valence electrons. The van der Waals surface area contributed by atoms with Crippen molar-refractivity contribution in [2.75, 3.05) is 27.2 Å². The van der Waals surface area contributed by atoms with Crippen molar-refractivity contribution >= 4 is 23.2 Å². The Bertz CT molecular complexity index is 194. The van der Waals surface area contributed by atoms with Gasteiger partial charge in [-0.05, 0) is 18.6 Å². The van der Waals surface area contributed by atoms with Crippen LogP contribution < -0.4 is 10.6 Å². The normalized spacial score (nSPS) is 9.36. The van der Waals surface area contributed by atoms with Crippen LogP contribution in [-0.4, -0.2) is 43.1 Å². The van der Waals surface area contributed by atoms with Crippen LogP contribution in [0.15, 0.2) is 0 Å². The molecule has 0 atom stereocenters. The van der Waals surface area contributed by atoms with Crippen molar-refractivity contribution in [3.05, 3.63) is 0 Å². The first-order chi connectivity index (χ1) is 6.57. The van der Waals surface area contributed by atoms with Crippen LogP contribution in [0.1, 0.15) is 19.8 Å². The summed E-state index contributed by atoms with van der Waals surface area (Å²) in [5.74, 6) is 0.107. The lowest BCUT2D eigenvalue weighted by molar-refractivity contribution is -0.128. The molecule has 0 aliphatic carbocycles. The highest BCUT2D eigenvalue weighted by Crippen LogP contribution is 1.84. The van der Waals surface area contributed by atoms with Crippen LogP contribution in [0.2, 0.25) is 0 Å². The summed E-state index contributed by atoms with van der Waals surface area (Å²) in [5.41, 5.74) is 0. The molecule has 0 heterocycles. The Kier molecular flexibility index (Phi) is 7.10. The summed E-state index contributed by atoms with van der Waals surface area (Å²) in [6.07, 6.45) is 1.51. The number of nitrogens with zero attached hydrogens (tertiary/aromatic N) is 1. The highest BCUT2D eigenvalue weighted by molar-refractivity contribution is 7.80. The molecule has 0 aromatic rings. The number of carbonyl (C=O) groups is 1. The highest BCUT2D eigenvalue weighted by atomic mass is 32.1. The van der Waals surface area contributed by atoms with Crippen LogP contribution >= 0.6 is 12.2 Å². The zero-order valence-electron chi connectivity index (χ0n) is 9.09. The summed E-state index contributed by atoms with van der Waals surface area (Å²) in [4.78, 5) is 12.7. The first-order valence-electron chi connectivity index (χ1n) is 4.79. The average molecular weight is 217 g/mol. The summed E-state index contributed by atoms with van der Waals surface area (Å²) in [6, 6.07) is 0. The van der Waals surface area contributed by atoms with Crippen molar-refractivity contribution < 1.29 is 4.79 Å². The number of carbonyl (C=O) groups excluding carboxylic acids is 1. The van der Waals surface area contributed by atoms with Crippen molar-refractivity contribution in [3.8, 4) is 0 Å². The second-order valence-electron chi connectivity index (χ2n) is 3.22. The quantitative estimate of drug-likeness (QED) is 0.652.